The molecule has 5 amide bonds. The summed E-state index contributed by atoms with van der Waals surface area (Å²) >= 11 is 0. The summed E-state index contributed by atoms with van der Waals surface area (Å²) in [5.41, 5.74) is 6.18. The number of amides is 5. The number of aromatic amines is 1. The lowest BCUT2D eigenvalue weighted by Crippen LogP contribution is -2.48. The number of likely N-dealkylation sites (N-methyl/N-ethyl adjacent to an activating group) is 1. The van der Waals surface area contributed by atoms with E-state index < -0.39 is 165 Å². The summed E-state index contributed by atoms with van der Waals surface area (Å²) in [4.78, 5) is 153. The number of carboxylic acids is 6. The first kappa shape index (κ1) is 54.8. The van der Waals surface area contributed by atoms with Gasteiger partial charge >= 0.3 is 35.8 Å². The van der Waals surface area contributed by atoms with Crippen molar-refractivity contribution >= 4 is 88.5 Å². The fourth-order valence-electron chi connectivity index (χ4n) is 6.62. The van der Waals surface area contributed by atoms with Gasteiger partial charge in [0, 0.05) is 63.5 Å². The summed E-state index contributed by atoms with van der Waals surface area (Å²) in [7, 11) is 1.73. The molecule has 1 aliphatic rings. The summed E-state index contributed by atoms with van der Waals surface area (Å²) < 4.78 is 0. The largest absolute Gasteiger partial charge is 0.481 e. The van der Waals surface area contributed by atoms with Gasteiger partial charge in [-0.2, -0.15) is 4.98 Å². The van der Waals surface area contributed by atoms with Gasteiger partial charge < -0.3 is 78.5 Å². The third kappa shape index (κ3) is 18.0. The summed E-state index contributed by atoms with van der Waals surface area (Å²) in [6.45, 7) is 0.792. The normalized spacial score (nSPS) is 14.9. The molecule has 1 aromatic heterocycles. The van der Waals surface area contributed by atoms with E-state index in [9.17, 15) is 83.1 Å². The van der Waals surface area contributed by atoms with Crippen molar-refractivity contribution in [2.45, 2.75) is 100 Å². The van der Waals surface area contributed by atoms with Crippen molar-refractivity contribution in [2.75, 3.05) is 41.4 Å². The van der Waals surface area contributed by atoms with Crippen molar-refractivity contribution in [3.63, 3.8) is 0 Å². The van der Waals surface area contributed by atoms with Crippen molar-refractivity contribution in [3.05, 3.63) is 40.2 Å². The van der Waals surface area contributed by atoms with E-state index in [2.05, 4.69) is 47.2 Å². The Kier molecular flexibility index (Phi) is 20.6. The maximum Gasteiger partial charge on any atom is 0.326 e. The van der Waals surface area contributed by atoms with Crippen molar-refractivity contribution in [3.8, 4) is 0 Å². The molecule has 0 saturated carbocycles. The topological polar surface area (TPSA) is 468 Å². The number of aromatic nitrogens is 2. The maximum absolute atomic E-state index is 12.9. The van der Waals surface area contributed by atoms with Crippen LogP contribution in [0.3, 0.4) is 0 Å². The molecule has 376 valence electrons. The van der Waals surface area contributed by atoms with Crippen LogP contribution in [0.25, 0.3) is 0 Å². The predicted octanol–water partition coefficient (Wildman–Crippen LogP) is -2.86. The molecule has 0 aliphatic carbocycles. The second-order valence-corrected chi connectivity index (χ2v) is 15.5. The number of H-pyrrole nitrogens is 1. The molecule has 69 heavy (non-hydrogen) atoms. The first-order chi connectivity index (χ1) is 32.4. The van der Waals surface area contributed by atoms with Gasteiger partial charge in [0.1, 0.15) is 35.9 Å². The lowest BCUT2D eigenvalue weighted by Gasteiger charge is -2.35. The van der Waals surface area contributed by atoms with Crippen molar-refractivity contribution in [1.29, 1.82) is 0 Å². The number of carbonyl (C=O) groups is 11. The van der Waals surface area contributed by atoms with Gasteiger partial charge in [-0.15, -0.1) is 0 Å². The molecule has 0 radical (unpaired) electrons. The van der Waals surface area contributed by atoms with E-state index in [4.69, 9.17) is 10.8 Å². The monoisotopic (exact) mass is 975 g/mol. The van der Waals surface area contributed by atoms with Gasteiger partial charge in [-0.25, -0.2) is 24.0 Å². The van der Waals surface area contributed by atoms with Gasteiger partial charge in [0.05, 0.1) is 6.04 Å². The summed E-state index contributed by atoms with van der Waals surface area (Å²) in [6.07, 6.45) is -5.70. The zero-order valence-electron chi connectivity index (χ0n) is 36.8. The Morgan fingerprint density at radius 2 is 1.00 bits per heavy atom. The van der Waals surface area contributed by atoms with Crippen molar-refractivity contribution in [1.82, 2.24) is 36.6 Å². The van der Waals surface area contributed by atoms with Crippen LogP contribution in [0, 0.1) is 0 Å². The van der Waals surface area contributed by atoms with Crippen LogP contribution in [0.4, 0.5) is 23.1 Å². The van der Waals surface area contributed by atoms with E-state index in [-0.39, 0.29) is 17.6 Å². The summed E-state index contributed by atoms with van der Waals surface area (Å²) in [5.74, 6) is -13.6. The fraction of sp³-hybridized carbons (Fsp3) is 0.475. The Bertz CT molecular complexity index is 2320. The van der Waals surface area contributed by atoms with Crippen LogP contribution in [-0.2, 0) is 47.9 Å². The number of benzene rings is 1. The highest BCUT2D eigenvalue weighted by atomic mass is 16.4. The van der Waals surface area contributed by atoms with Crippen LogP contribution in [0.15, 0.2) is 29.1 Å². The van der Waals surface area contributed by atoms with E-state index in [1.54, 1.807) is 24.1 Å². The van der Waals surface area contributed by atoms with E-state index >= 15 is 0 Å². The van der Waals surface area contributed by atoms with Gasteiger partial charge in [-0.1, -0.05) is 0 Å². The molecule has 1 unspecified atom stereocenters. The average Bonchev–Trinajstić information content (AvgIpc) is 3.26. The highest BCUT2D eigenvalue weighted by Crippen LogP contribution is 2.25. The second-order valence-electron chi connectivity index (χ2n) is 15.5. The Hall–Kier alpha value is -8.53. The number of rotatable bonds is 29. The summed E-state index contributed by atoms with van der Waals surface area (Å²) in [6, 6.07) is -2.50. The molecule has 16 N–H and O–H groups in total. The molecule has 0 spiro atoms. The standard InChI is InChI=1S/C40H53N11O18/c1-51-20(17-43-32-31(51)34(59)50-40(41)49-32)16-42-19-4-2-18(3-5-19)33(58)48-25(39(68)69)9-14-29(55)46-23(37(64)65)7-12-27(53)44-21(35(60)61)6-11-26(52)45-22(36(62)63)8-13-28(54)47-24(38(66)67)10-15-30(56)57/h2-5,20-25,42H,6-17H2,1H3,(H,44,53)(H,45,52)(H,46,55)(H,47,54)(H,48,58)(H,56,57)(H,60,61)(H,62,63)(H,64,65)(H,66,67)(H,68,69)(H4,41,43,49,50,59)/t20?,21-,22-,23-,24-,25-/m0/s1. The van der Waals surface area contributed by atoms with Crippen molar-refractivity contribution < 1.29 is 83.4 Å². The molecule has 29 heteroatoms. The van der Waals surface area contributed by atoms with Gasteiger partial charge in [0.15, 0.2) is 5.82 Å². The molecular formula is C40H53N11O18. The van der Waals surface area contributed by atoms with Crippen LogP contribution in [0.2, 0.25) is 0 Å². The van der Waals surface area contributed by atoms with Crippen LogP contribution < -0.4 is 53.4 Å². The first-order valence-electron chi connectivity index (χ1n) is 21.0. The Morgan fingerprint density at radius 1 is 0.623 bits per heavy atom. The van der Waals surface area contributed by atoms with Crippen molar-refractivity contribution in [2.24, 2.45) is 0 Å². The summed E-state index contributed by atoms with van der Waals surface area (Å²) in [5, 5.41) is 73.3. The Balaban J connectivity index is 1.44. The van der Waals surface area contributed by atoms with E-state index in [0.29, 0.717) is 30.3 Å². The van der Waals surface area contributed by atoms with Crippen LogP contribution >= 0.6 is 0 Å². The number of anilines is 4. The molecule has 1 aliphatic heterocycles. The second kappa shape index (κ2) is 26.0. The van der Waals surface area contributed by atoms with Crippen LogP contribution in [0.5, 0.6) is 0 Å². The SMILES string of the molecule is CN1c2c(nc(N)[nH]c2=O)NCC1CNc1ccc(C(=O)N[C@@H](CCC(=O)N[C@@H](CCC(=O)N[C@@H](CCC(=O)N[C@@H](CCC(=O)N[C@@H](CCC(=O)O)C(=O)O)C(=O)O)C(=O)O)C(=O)O)C(=O)O)cc1. The van der Waals surface area contributed by atoms with Crippen LogP contribution in [-0.4, -0.2) is 162 Å². The third-order valence-corrected chi connectivity index (χ3v) is 10.4. The van der Waals surface area contributed by atoms with Gasteiger partial charge in [0.25, 0.3) is 11.5 Å². The zero-order valence-corrected chi connectivity index (χ0v) is 36.8. The quantitative estimate of drug-likeness (QED) is 0.0390. The minimum Gasteiger partial charge on any atom is -0.481 e. The highest BCUT2D eigenvalue weighted by Gasteiger charge is 2.30. The molecule has 3 rings (SSSR count). The molecule has 6 atom stereocenters. The van der Waals surface area contributed by atoms with E-state index in [1.165, 1.54) is 12.1 Å². The number of nitrogens with two attached hydrogens (primary N) is 1. The fourth-order valence-corrected chi connectivity index (χ4v) is 6.62. The molecule has 0 bridgehead atoms. The Morgan fingerprint density at radius 3 is 1.38 bits per heavy atom. The number of nitrogen functional groups attached to an aromatic ring is 1. The Labute approximate surface area is 390 Å². The number of hydrogen-bond donors (Lipinski definition) is 15. The lowest BCUT2D eigenvalue weighted by molar-refractivity contribution is -0.144. The number of carbonyl (C=O) groups excluding carboxylic acids is 5. The van der Waals surface area contributed by atoms with E-state index in [0.717, 1.165) is 0 Å². The molecule has 0 saturated heterocycles. The van der Waals surface area contributed by atoms with Gasteiger partial charge in [-0.05, 0) is 56.4 Å². The molecule has 2 heterocycles. The molecule has 0 fully saturated rings. The number of nitrogens with one attached hydrogen (secondary N) is 8. The number of nitrogens with zero attached hydrogens (tertiary/aromatic N) is 2. The molecular weight excluding hydrogens is 922 g/mol. The average molecular weight is 976 g/mol. The predicted molar refractivity (Wildman–Crippen MR) is 236 cm³/mol. The first-order valence-corrected chi connectivity index (χ1v) is 21.0. The minimum atomic E-state index is -1.73. The van der Waals surface area contributed by atoms with Gasteiger partial charge in [-0.3, -0.25) is 38.5 Å². The number of hydrogen-bond acceptors (Lipinski definition) is 17. The minimum absolute atomic E-state index is 0.0272. The van der Waals surface area contributed by atoms with E-state index in [1.807, 2.05) is 0 Å². The zero-order chi connectivity index (χ0) is 51.5. The molecule has 1 aromatic carbocycles. The van der Waals surface area contributed by atoms with Gasteiger partial charge in [0.2, 0.25) is 29.6 Å². The number of aliphatic carboxylic acids is 6. The lowest BCUT2D eigenvalue weighted by atomic mass is 10.1. The maximum atomic E-state index is 12.9. The molecule has 2 aromatic rings. The highest BCUT2D eigenvalue weighted by molar-refractivity contribution is 5.97. The number of carboxylic acid groups (broad SMARTS) is 6. The third-order valence-electron chi connectivity index (χ3n) is 10.4. The smallest absolute Gasteiger partial charge is 0.326 e. The number of fused-ring (bicyclic) bond motifs is 1. The van der Waals surface area contributed by atoms with Crippen LogP contribution in [0.1, 0.15) is 74.6 Å². The molecule has 29 nitrogen and oxygen atoms in total.